The zero-order valence-corrected chi connectivity index (χ0v) is 8.34. The average Bonchev–Trinajstić information content (AvgIpc) is 2.57. The summed E-state index contributed by atoms with van der Waals surface area (Å²) in [6, 6.07) is 11.0. The lowest BCUT2D eigenvalue weighted by Crippen LogP contribution is -1.73. The van der Waals surface area contributed by atoms with E-state index in [4.69, 9.17) is 0 Å². The number of fused-ring (bicyclic) bond motifs is 3. The van der Waals surface area contributed by atoms with Crippen LogP contribution in [0, 0.1) is 12.7 Å². The number of benzene rings is 2. The van der Waals surface area contributed by atoms with Crippen LogP contribution in [0.15, 0.2) is 36.4 Å². The molecule has 0 saturated heterocycles. The highest BCUT2D eigenvalue weighted by Crippen LogP contribution is 2.27. The largest absolute Gasteiger partial charge is 0.354 e. The Balaban J connectivity index is 2.57. The topological polar surface area (TPSA) is 15.8 Å². The summed E-state index contributed by atoms with van der Waals surface area (Å²) in [6.07, 6.45) is 0. The zero-order valence-electron chi connectivity index (χ0n) is 8.34. The van der Waals surface area contributed by atoms with E-state index in [1.807, 2.05) is 25.1 Å². The van der Waals surface area contributed by atoms with Gasteiger partial charge in [0, 0.05) is 21.8 Å². The number of para-hydroxylation sites is 1. The Bertz CT molecular complexity index is 652. The third kappa shape index (κ3) is 1.14. The van der Waals surface area contributed by atoms with Gasteiger partial charge in [0.1, 0.15) is 5.82 Å². The van der Waals surface area contributed by atoms with Crippen LogP contribution in [0.25, 0.3) is 21.8 Å². The van der Waals surface area contributed by atoms with E-state index in [-0.39, 0.29) is 5.82 Å². The number of H-pyrrole nitrogens is 1. The van der Waals surface area contributed by atoms with Crippen LogP contribution in [0.1, 0.15) is 5.56 Å². The van der Waals surface area contributed by atoms with Gasteiger partial charge in [0.2, 0.25) is 0 Å². The highest BCUT2D eigenvalue weighted by molar-refractivity contribution is 6.08. The Morgan fingerprint density at radius 1 is 1.07 bits per heavy atom. The Morgan fingerprint density at radius 3 is 2.80 bits per heavy atom. The first-order valence-corrected chi connectivity index (χ1v) is 4.92. The summed E-state index contributed by atoms with van der Waals surface area (Å²) < 4.78 is 13.0. The molecule has 1 N–H and O–H groups in total. The van der Waals surface area contributed by atoms with Crippen LogP contribution in [-0.4, -0.2) is 4.98 Å². The van der Waals surface area contributed by atoms with E-state index in [0.29, 0.717) is 0 Å². The maximum Gasteiger partial charge on any atom is 0.125 e. The van der Waals surface area contributed by atoms with E-state index in [1.54, 1.807) is 0 Å². The van der Waals surface area contributed by atoms with Gasteiger partial charge in [0.15, 0.2) is 0 Å². The van der Waals surface area contributed by atoms with Gasteiger partial charge in [-0.1, -0.05) is 18.2 Å². The summed E-state index contributed by atoms with van der Waals surface area (Å²) >= 11 is 0. The molecule has 0 atom stereocenters. The number of hydrogen-bond acceptors (Lipinski definition) is 0. The number of halogens is 1. The van der Waals surface area contributed by atoms with Crippen molar-refractivity contribution < 1.29 is 4.39 Å². The SMILES string of the molecule is Cc1cccc2c1[nH]c1cc(F)ccc12. The Labute approximate surface area is 86.5 Å². The molecule has 1 heterocycles. The van der Waals surface area contributed by atoms with Crippen LogP contribution in [0.4, 0.5) is 4.39 Å². The highest BCUT2D eigenvalue weighted by atomic mass is 19.1. The van der Waals surface area contributed by atoms with E-state index < -0.39 is 0 Å². The molecule has 0 aliphatic rings. The van der Waals surface area contributed by atoms with Gasteiger partial charge in [0.05, 0.1) is 0 Å². The van der Waals surface area contributed by atoms with Gasteiger partial charge in [-0.05, 0) is 30.7 Å². The van der Waals surface area contributed by atoms with E-state index in [0.717, 1.165) is 21.8 Å². The van der Waals surface area contributed by atoms with Gasteiger partial charge in [0.25, 0.3) is 0 Å². The van der Waals surface area contributed by atoms with Crippen LogP contribution >= 0.6 is 0 Å². The van der Waals surface area contributed by atoms with Crippen LogP contribution in [0.3, 0.4) is 0 Å². The van der Waals surface area contributed by atoms with Crippen molar-refractivity contribution in [2.75, 3.05) is 0 Å². The fourth-order valence-corrected chi connectivity index (χ4v) is 2.05. The fourth-order valence-electron chi connectivity index (χ4n) is 2.05. The van der Waals surface area contributed by atoms with Crippen molar-refractivity contribution in [1.82, 2.24) is 4.98 Å². The Morgan fingerprint density at radius 2 is 1.93 bits per heavy atom. The summed E-state index contributed by atoms with van der Waals surface area (Å²) in [5.74, 6) is -0.202. The normalized spacial score (nSPS) is 11.3. The van der Waals surface area contributed by atoms with Crippen molar-refractivity contribution in [3.05, 3.63) is 47.8 Å². The second-order valence-corrected chi connectivity index (χ2v) is 3.81. The third-order valence-electron chi connectivity index (χ3n) is 2.80. The minimum absolute atomic E-state index is 0.202. The van der Waals surface area contributed by atoms with E-state index >= 15 is 0 Å². The van der Waals surface area contributed by atoms with Gasteiger partial charge in [-0.3, -0.25) is 0 Å². The molecule has 1 nitrogen and oxygen atoms in total. The molecule has 1 aromatic heterocycles. The molecule has 0 unspecified atom stereocenters. The molecule has 0 radical (unpaired) electrons. The number of aromatic nitrogens is 1. The lowest BCUT2D eigenvalue weighted by Gasteiger charge is -1.93. The molecule has 0 spiro atoms. The van der Waals surface area contributed by atoms with E-state index in [1.165, 1.54) is 17.7 Å². The lowest BCUT2D eigenvalue weighted by atomic mass is 10.1. The number of hydrogen-bond donors (Lipinski definition) is 1. The first-order valence-electron chi connectivity index (χ1n) is 4.92. The molecule has 74 valence electrons. The minimum atomic E-state index is -0.202. The van der Waals surface area contributed by atoms with Crippen molar-refractivity contribution >= 4 is 21.8 Å². The van der Waals surface area contributed by atoms with E-state index in [9.17, 15) is 4.39 Å². The number of rotatable bonds is 0. The minimum Gasteiger partial charge on any atom is -0.354 e. The molecule has 0 amide bonds. The van der Waals surface area contributed by atoms with Gasteiger partial charge in [-0.15, -0.1) is 0 Å². The summed E-state index contributed by atoms with van der Waals surface area (Å²) in [5, 5.41) is 2.24. The van der Waals surface area contributed by atoms with Crippen molar-refractivity contribution in [2.45, 2.75) is 6.92 Å². The van der Waals surface area contributed by atoms with Gasteiger partial charge in [-0.25, -0.2) is 4.39 Å². The standard InChI is InChI=1S/C13H10FN/c1-8-3-2-4-11-10-6-5-9(14)7-12(10)15-13(8)11/h2-7,15H,1H3. The van der Waals surface area contributed by atoms with Crippen LogP contribution in [0.5, 0.6) is 0 Å². The second-order valence-electron chi connectivity index (χ2n) is 3.81. The van der Waals surface area contributed by atoms with Gasteiger partial charge < -0.3 is 4.98 Å². The molecule has 15 heavy (non-hydrogen) atoms. The molecule has 0 bridgehead atoms. The maximum atomic E-state index is 13.0. The highest BCUT2D eigenvalue weighted by Gasteiger charge is 2.05. The zero-order chi connectivity index (χ0) is 10.4. The molecule has 3 rings (SSSR count). The van der Waals surface area contributed by atoms with Crippen LogP contribution in [-0.2, 0) is 0 Å². The van der Waals surface area contributed by atoms with Gasteiger partial charge in [-0.2, -0.15) is 0 Å². The molecule has 0 aliphatic heterocycles. The average molecular weight is 199 g/mol. The predicted octanol–water partition coefficient (Wildman–Crippen LogP) is 3.77. The number of nitrogens with one attached hydrogen (secondary N) is 1. The Hall–Kier alpha value is -1.83. The molecule has 3 aromatic rings. The molecule has 0 aliphatic carbocycles. The monoisotopic (exact) mass is 199 g/mol. The van der Waals surface area contributed by atoms with Crippen molar-refractivity contribution in [1.29, 1.82) is 0 Å². The molecule has 0 fully saturated rings. The summed E-state index contributed by atoms with van der Waals surface area (Å²) in [4.78, 5) is 3.25. The van der Waals surface area contributed by atoms with Crippen molar-refractivity contribution in [3.8, 4) is 0 Å². The molecule has 2 aromatic carbocycles. The first kappa shape index (κ1) is 8.48. The number of aromatic amines is 1. The number of aryl methyl sites for hydroxylation is 1. The quantitative estimate of drug-likeness (QED) is 0.567. The fraction of sp³-hybridized carbons (Fsp3) is 0.0769. The van der Waals surface area contributed by atoms with Crippen LogP contribution in [0.2, 0.25) is 0 Å². The van der Waals surface area contributed by atoms with Crippen molar-refractivity contribution in [3.63, 3.8) is 0 Å². The lowest BCUT2D eigenvalue weighted by molar-refractivity contribution is 0.629. The molecular weight excluding hydrogens is 189 g/mol. The summed E-state index contributed by atoms with van der Waals surface area (Å²) in [6.45, 7) is 2.05. The van der Waals surface area contributed by atoms with Crippen LogP contribution < -0.4 is 0 Å². The van der Waals surface area contributed by atoms with E-state index in [2.05, 4.69) is 11.1 Å². The predicted molar refractivity (Wildman–Crippen MR) is 60.5 cm³/mol. The second kappa shape index (κ2) is 2.83. The maximum absolute atomic E-state index is 13.0. The Kier molecular flexibility index (Phi) is 1.60. The summed E-state index contributed by atoms with van der Waals surface area (Å²) in [7, 11) is 0. The third-order valence-corrected chi connectivity index (χ3v) is 2.80. The molecule has 2 heteroatoms. The molecular formula is C13H10FN. The van der Waals surface area contributed by atoms with Gasteiger partial charge >= 0.3 is 0 Å². The first-order chi connectivity index (χ1) is 7.25. The summed E-state index contributed by atoms with van der Waals surface area (Å²) in [5.41, 5.74) is 3.14. The van der Waals surface area contributed by atoms with Crippen molar-refractivity contribution in [2.24, 2.45) is 0 Å². The smallest absolute Gasteiger partial charge is 0.125 e. The molecule has 0 saturated carbocycles.